The minimum Gasteiger partial charge on any atom is -0.333 e. The second-order valence-electron chi connectivity index (χ2n) is 4.94. The molecule has 110 valence electrons. The van der Waals surface area contributed by atoms with E-state index in [1.54, 1.807) is 16.0 Å². The van der Waals surface area contributed by atoms with Crippen molar-refractivity contribution in [3.05, 3.63) is 35.2 Å². The normalized spacial score (nSPS) is 11.4. The first-order valence-corrected chi connectivity index (χ1v) is 7.57. The second kappa shape index (κ2) is 6.15. The average molecular weight is 304 g/mol. The largest absolute Gasteiger partial charge is 0.333 e. The summed E-state index contributed by atoms with van der Waals surface area (Å²) >= 11 is 1.57. The number of nitrogens with one attached hydrogen (secondary N) is 1. The van der Waals surface area contributed by atoms with E-state index in [-0.39, 0.29) is 0 Å². The van der Waals surface area contributed by atoms with Crippen LogP contribution in [0.2, 0.25) is 0 Å². The second-order valence-corrected chi connectivity index (χ2v) is 5.88. The Kier molecular flexibility index (Phi) is 4.07. The Hall–Kier alpha value is -2.06. The fourth-order valence-corrected chi connectivity index (χ4v) is 2.41. The van der Waals surface area contributed by atoms with E-state index in [1.165, 1.54) is 0 Å². The Morgan fingerprint density at radius 1 is 1.43 bits per heavy atom. The summed E-state index contributed by atoms with van der Waals surface area (Å²) in [6.45, 7) is 5.33. The Bertz CT molecular complexity index is 687. The van der Waals surface area contributed by atoms with E-state index in [9.17, 15) is 0 Å². The molecule has 0 saturated carbocycles. The molecule has 0 radical (unpaired) electrons. The van der Waals surface area contributed by atoms with Crippen LogP contribution in [-0.4, -0.2) is 31.2 Å². The highest BCUT2D eigenvalue weighted by Gasteiger charge is 2.11. The molecule has 0 aliphatic carbocycles. The number of aromatic nitrogens is 5. The van der Waals surface area contributed by atoms with Crippen molar-refractivity contribution in [3.63, 3.8) is 0 Å². The molecule has 3 aromatic heterocycles. The Balaban J connectivity index is 1.64. The van der Waals surface area contributed by atoms with Gasteiger partial charge in [0, 0.05) is 12.6 Å². The van der Waals surface area contributed by atoms with Gasteiger partial charge in [0.1, 0.15) is 6.54 Å². The molecule has 21 heavy (non-hydrogen) atoms. The van der Waals surface area contributed by atoms with Gasteiger partial charge in [-0.2, -0.15) is 4.98 Å². The summed E-state index contributed by atoms with van der Waals surface area (Å²) in [4.78, 5) is 5.33. The molecular formula is C13H16N6OS. The molecule has 0 aliphatic heterocycles. The van der Waals surface area contributed by atoms with Crippen molar-refractivity contribution in [2.75, 3.05) is 0 Å². The van der Waals surface area contributed by atoms with E-state index in [0.717, 1.165) is 10.6 Å². The van der Waals surface area contributed by atoms with Crippen LogP contribution < -0.4 is 5.32 Å². The summed E-state index contributed by atoms with van der Waals surface area (Å²) < 4.78 is 6.95. The standard InChI is InChI=1S/C13H16N6OS/c1-9(2)14-6-10-7-19(18-16-10)8-12-15-13(20-17-12)11-4-3-5-21-11/h3-5,7,9,14H,6,8H2,1-2H3. The van der Waals surface area contributed by atoms with E-state index >= 15 is 0 Å². The first-order chi connectivity index (χ1) is 10.2. The van der Waals surface area contributed by atoms with Crippen molar-refractivity contribution >= 4 is 11.3 Å². The van der Waals surface area contributed by atoms with Gasteiger partial charge in [-0.15, -0.1) is 16.4 Å². The Labute approximate surface area is 126 Å². The number of hydrogen-bond acceptors (Lipinski definition) is 7. The molecule has 0 bridgehead atoms. The SMILES string of the molecule is CC(C)NCc1cn(Cc2noc(-c3cccs3)n2)nn1. The van der Waals surface area contributed by atoms with Gasteiger partial charge in [-0.25, -0.2) is 4.68 Å². The molecule has 0 amide bonds. The van der Waals surface area contributed by atoms with Gasteiger partial charge in [0.25, 0.3) is 5.89 Å². The molecule has 0 saturated heterocycles. The third-order valence-electron chi connectivity index (χ3n) is 2.78. The fourth-order valence-electron chi connectivity index (χ4n) is 1.77. The lowest BCUT2D eigenvalue weighted by atomic mass is 10.3. The summed E-state index contributed by atoms with van der Waals surface area (Å²) in [5, 5.41) is 17.4. The summed E-state index contributed by atoms with van der Waals surface area (Å²) in [6.07, 6.45) is 1.89. The first-order valence-electron chi connectivity index (χ1n) is 6.69. The van der Waals surface area contributed by atoms with E-state index in [2.05, 4.69) is 39.6 Å². The molecule has 7 nitrogen and oxygen atoms in total. The van der Waals surface area contributed by atoms with Gasteiger partial charge in [0.15, 0.2) is 5.82 Å². The highest BCUT2D eigenvalue weighted by Crippen LogP contribution is 2.22. The first kappa shape index (κ1) is 13.9. The minimum absolute atomic E-state index is 0.417. The van der Waals surface area contributed by atoms with Crippen molar-refractivity contribution in [1.29, 1.82) is 0 Å². The van der Waals surface area contributed by atoms with Crippen molar-refractivity contribution in [2.45, 2.75) is 33.0 Å². The molecule has 0 unspecified atom stereocenters. The molecule has 0 atom stereocenters. The van der Waals surface area contributed by atoms with Crippen molar-refractivity contribution in [3.8, 4) is 10.8 Å². The van der Waals surface area contributed by atoms with Crippen LogP contribution in [0.25, 0.3) is 10.8 Å². The van der Waals surface area contributed by atoms with Gasteiger partial charge in [-0.3, -0.25) is 0 Å². The highest BCUT2D eigenvalue weighted by atomic mass is 32.1. The van der Waals surface area contributed by atoms with Crippen molar-refractivity contribution in [1.82, 2.24) is 30.5 Å². The van der Waals surface area contributed by atoms with Crippen molar-refractivity contribution < 1.29 is 4.52 Å². The van der Waals surface area contributed by atoms with Crippen LogP contribution in [-0.2, 0) is 13.1 Å². The smallest absolute Gasteiger partial charge is 0.268 e. The minimum atomic E-state index is 0.417. The molecule has 1 N–H and O–H groups in total. The van der Waals surface area contributed by atoms with Gasteiger partial charge in [-0.05, 0) is 11.4 Å². The zero-order valence-electron chi connectivity index (χ0n) is 11.9. The lowest BCUT2D eigenvalue weighted by Gasteiger charge is -2.03. The van der Waals surface area contributed by atoms with Crippen LogP contribution >= 0.6 is 11.3 Å². The van der Waals surface area contributed by atoms with Crippen LogP contribution in [0.1, 0.15) is 25.4 Å². The highest BCUT2D eigenvalue weighted by molar-refractivity contribution is 7.13. The van der Waals surface area contributed by atoms with Crippen LogP contribution in [0.3, 0.4) is 0 Å². The summed E-state index contributed by atoms with van der Waals surface area (Å²) in [7, 11) is 0. The van der Waals surface area contributed by atoms with E-state index in [4.69, 9.17) is 4.52 Å². The Morgan fingerprint density at radius 3 is 3.10 bits per heavy atom. The van der Waals surface area contributed by atoms with Crippen LogP contribution in [0.15, 0.2) is 28.2 Å². The summed E-state index contributed by atoms with van der Waals surface area (Å²) in [5.41, 5.74) is 0.894. The molecule has 3 rings (SSSR count). The molecule has 0 aromatic carbocycles. The fraction of sp³-hybridized carbons (Fsp3) is 0.385. The molecular weight excluding hydrogens is 288 g/mol. The lowest BCUT2D eigenvalue weighted by Crippen LogP contribution is -2.21. The monoisotopic (exact) mass is 304 g/mol. The van der Waals surface area contributed by atoms with E-state index in [1.807, 2.05) is 23.7 Å². The topological polar surface area (TPSA) is 81.7 Å². The lowest BCUT2D eigenvalue weighted by molar-refractivity contribution is 0.419. The molecule has 3 heterocycles. The number of thiophene rings is 1. The number of nitrogens with zero attached hydrogens (tertiary/aromatic N) is 5. The number of rotatable bonds is 6. The van der Waals surface area contributed by atoms with Crippen LogP contribution in [0, 0.1) is 0 Å². The quantitative estimate of drug-likeness (QED) is 0.749. The van der Waals surface area contributed by atoms with E-state index in [0.29, 0.717) is 30.8 Å². The maximum atomic E-state index is 5.24. The zero-order chi connectivity index (χ0) is 14.7. The van der Waals surface area contributed by atoms with E-state index < -0.39 is 0 Å². The average Bonchev–Trinajstić information content (AvgIpc) is 3.18. The van der Waals surface area contributed by atoms with Crippen LogP contribution in [0.5, 0.6) is 0 Å². The molecule has 0 spiro atoms. The molecule has 0 fully saturated rings. The maximum Gasteiger partial charge on any atom is 0.268 e. The van der Waals surface area contributed by atoms with Crippen LogP contribution in [0.4, 0.5) is 0 Å². The predicted molar refractivity (Wildman–Crippen MR) is 78.7 cm³/mol. The number of hydrogen-bond donors (Lipinski definition) is 1. The van der Waals surface area contributed by atoms with Crippen molar-refractivity contribution in [2.24, 2.45) is 0 Å². The van der Waals surface area contributed by atoms with Gasteiger partial charge < -0.3 is 9.84 Å². The summed E-state index contributed by atoms with van der Waals surface area (Å²) in [5.74, 6) is 1.13. The predicted octanol–water partition coefficient (Wildman–Crippen LogP) is 1.94. The zero-order valence-corrected chi connectivity index (χ0v) is 12.7. The molecule has 8 heteroatoms. The molecule has 3 aromatic rings. The molecule has 0 aliphatic rings. The Morgan fingerprint density at radius 2 is 2.33 bits per heavy atom. The van der Waals surface area contributed by atoms with Gasteiger partial charge >= 0.3 is 0 Å². The third-order valence-corrected chi connectivity index (χ3v) is 3.64. The van der Waals surface area contributed by atoms with Gasteiger partial charge in [0.05, 0.1) is 16.8 Å². The summed E-state index contributed by atoms with van der Waals surface area (Å²) in [6, 6.07) is 4.32. The maximum absolute atomic E-state index is 5.24. The third kappa shape index (κ3) is 3.53. The van der Waals surface area contributed by atoms with Gasteiger partial charge in [-0.1, -0.05) is 30.3 Å². The van der Waals surface area contributed by atoms with Gasteiger partial charge in [0.2, 0.25) is 0 Å².